The van der Waals surface area contributed by atoms with Gasteiger partial charge in [-0.2, -0.15) is 0 Å². The molecule has 1 N–H and O–H groups in total. The molecule has 2 aromatic rings. The van der Waals surface area contributed by atoms with E-state index in [-0.39, 0.29) is 11.2 Å². The summed E-state index contributed by atoms with van der Waals surface area (Å²) < 4.78 is 7.59. The van der Waals surface area contributed by atoms with Crippen molar-refractivity contribution in [1.29, 1.82) is 0 Å². The number of benzene rings is 1. The normalized spacial score (nSPS) is 11.9. The number of carbonyl (C=O) groups is 1. The molecule has 1 aromatic carbocycles. The van der Waals surface area contributed by atoms with Crippen LogP contribution in [0.25, 0.3) is 11.0 Å². The second-order valence-corrected chi connectivity index (χ2v) is 5.04. The number of rotatable bonds is 5. The van der Waals surface area contributed by atoms with E-state index in [0.29, 0.717) is 18.7 Å². The number of aromatic nitrogens is 2. The fraction of sp³-hybridized carbons (Fsp3) is 0.429. The van der Waals surface area contributed by atoms with E-state index in [2.05, 4.69) is 4.98 Å². The minimum atomic E-state index is -0.958. The molecule has 0 aliphatic carbocycles. The molecule has 0 aliphatic rings. The van der Waals surface area contributed by atoms with Crippen LogP contribution in [-0.4, -0.2) is 32.8 Å². The summed E-state index contributed by atoms with van der Waals surface area (Å²) in [7, 11) is 0. The summed E-state index contributed by atoms with van der Waals surface area (Å²) in [5.41, 5.74) is 1.24. The number of fused-ring (bicyclic) bond motifs is 1. The zero-order chi connectivity index (χ0) is 14.0. The van der Waals surface area contributed by atoms with Gasteiger partial charge in [-0.05, 0) is 32.9 Å². The summed E-state index contributed by atoms with van der Waals surface area (Å²) in [5.74, 6) is -0.958. The van der Waals surface area contributed by atoms with E-state index in [0.717, 1.165) is 5.52 Å². The highest BCUT2D eigenvalue weighted by Crippen LogP contribution is 2.21. The van der Waals surface area contributed by atoms with Gasteiger partial charge in [-0.15, -0.1) is 0 Å². The Bertz CT molecular complexity index is 602. The van der Waals surface area contributed by atoms with Crippen LogP contribution in [-0.2, 0) is 11.3 Å². The average Bonchev–Trinajstić information content (AvgIpc) is 2.71. The molecule has 5 heteroatoms. The van der Waals surface area contributed by atoms with Gasteiger partial charge in [-0.3, -0.25) is 0 Å². The van der Waals surface area contributed by atoms with Gasteiger partial charge in [0.15, 0.2) is 0 Å². The first kappa shape index (κ1) is 13.5. The van der Waals surface area contributed by atoms with Gasteiger partial charge in [-0.1, -0.05) is 6.07 Å². The van der Waals surface area contributed by atoms with Gasteiger partial charge in [0, 0.05) is 6.61 Å². The number of carboxylic acids is 1. The number of nitrogens with zero attached hydrogens (tertiary/aromatic N) is 2. The molecule has 1 aromatic heterocycles. The van der Waals surface area contributed by atoms with Gasteiger partial charge in [-0.25, -0.2) is 9.78 Å². The molecule has 102 valence electrons. The van der Waals surface area contributed by atoms with Crippen molar-refractivity contribution >= 4 is 17.0 Å². The maximum Gasteiger partial charge on any atom is 0.337 e. The molecule has 0 fully saturated rings. The van der Waals surface area contributed by atoms with Gasteiger partial charge in [0.25, 0.3) is 0 Å². The van der Waals surface area contributed by atoms with Crippen molar-refractivity contribution in [3.8, 4) is 0 Å². The van der Waals surface area contributed by atoms with Crippen LogP contribution in [0, 0.1) is 0 Å². The lowest BCUT2D eigenvalue weighted by Gasteiger charge is -2.25. The minimum absolute atomic E-state index is 0.227. The zero-order valence-corrected chi connectivity index (χ0v) is 11.4. The first-order chi connectivity index (χ1) is 8.94. The summed E-state index contributed by atoms with van der Waals surface area (Å²) >= 11 is 0. The molecule has 0 saturated carbocycles. The third kappa shape index (κ3) is 2.76. The Morgan fingerprint density at radius 2 is 2.21 bits per heavy atom. The van der Waals surface area contributed by atoms with Gasteiger partial charge in [0.2, 0.25) is 0 Å². The zero-order valence-electron chi connectivity index (χ0n) is 11.4. The second kappa shape index (κ2) is 5.01. The van der Waals surface area contributed by atoms with Crippen molar-refractivity contribution in [3.63, 3.8) is 0 Å². The monoisotopic (exact) mass is 262 g/mol. The Hall–Kier alpha value is -1.88. The largest absolute Gasteiger partial charge is 0.478 e. The molecule has 19 heavy (non-hydrogen) atoms. The lowest BCUT2D eigenvalue weighted by Crippen LogP contribution is -2.30. The predicted octanol–water partition coefficient (Wildman–Crippen LogP) is 2.55. The molecule has 0 atom stereocenters. The number of ether oxygens (including phenoxy) is 1. The summed E-state index contributed by atoms with van der Waals surface area (Å²) in [6.45, 7) is 7.23. The molecule has 0 amide bonds. The maximum atomic E-state index is 11.1. The van der Waals surface area contributed by atoms with Crippen molar-refractivity contribution < 1.29 is 14.6 Å². The highest BCUT2D eigenvalue weighted by atomic mass is 16.5. The third-order valence-corrected chi connectivity index (χ3v) is 2.97. The molecule has 2 rings (SSSR count). The molecular formula is C14H18N2O3. The van der Waals surface area contributed by atoms with Gasteiger partial charge in [0.05, 0.1) is 29.6 Å². The van der Waals surface area contributed by atoms with Crippen molar-refractivity contribution in [3.05, 3.63) is 30.1 Å². The third-order valence-electron chi connectivity index (χ3n) is 2.97. The van der Waals surface area contributed by atoms with E-state index in [1.807, 2.05) is 31.4 Å². The maximum absolute atomic E-state index is 11.1. The first-order valence-corrected chi connectivity index (χ1v) is 6.26. The summed E-state index contributed by atoms with van der Waals surface area (Å²) in [6, 6.07) is 5.17. The van der Waals surface area contributed by atoms with Crippen LogP contribution in [0.5, 0.6) is 0 Å². The number of hydrogen-bond donors (Lipinski definition) is 1. The van der Waals surface area contributed by atoms with Crippen LogP contribution < -0.4 is 0 Å². The summed E-state index contributed by atoms with van der Waals surface area (Å²) in [4.78, 5) is 15.3. The van der Waals surface area contributed by atoms with E-state index < -0.39 is 5.97 Å². The van der Waals surface area contributed by atoms with Crippen LogP contribution in [0.1, 0.15) is 31.1 Å². The molecule has 0 bridgehead atoms. The molecule has 0 spiro atoms. The number of hydrogen-bond acceptors (Lipinski definition) is 3. The summed E-state index contributed by atoms with van der Waals surface area (Å²) in [6.07, 6.45) is 1.66. The molecule has 0 aliphatic heterocycles. The highest BCUT2D eigenvalue weighted by Gasteiger charge is 2.20. The highest BCUT2D eigenvalue weighted by molar-refractivity contribution is 6.00. The predicted molar refractivity (Wildman–Crippen MR) is 72.4 cm³/mol. The minimum Gasteiger partial charge on any atom is -0.478 e. The second-order valence-electron chi connectivity index (χ2n) is 5.04. The molecule has 0 saturated heterocycles. The molecular weight excluding hydrogens is 244 g/mol. The van der Waals surface area contributed by atoms with E-state index >= 15 is 0 Å². The van der Waals surface area contributed by atoms with Crippen LogP contribution in [0.3, 0.4) is 0 Å². The average molecular weight is 262 g/mol. The first-order valence-electron chi connectivity index (χ1n) is 6.26. The number of aromatic carboxylic acids is 1. The fourth-order valence-electron chi connectivity index (χ4n) is 2.23. The summed E-state index contributed by atoms with van der Waals surface area (Å²) in [5, 5.41) is 9.13. The molecule has 5 nitrogen and oxygen atoms in total. The van der Waals surface area contributed by atoms with E-state index in [4.69, 9.17) is 9.84 Å². The lowest BCUT2D eigenvalue weighted by molar-refractivity contribution is -0.0216. The van der Waals surface area contributed by atoms with E-state index in [9.17, 15) is 4.79 Å². The fourth-order valence-corrected chi connectivity index (χ4v) is 2.23. The topological polar surface area (TPSA) is 64.4 Å². The van der Waals surface area contributed by atoms with Crippen molar-refractivity contribution in [1.82, 2.24) is 9.55 Å². The van der Waals surface area contributed by atoms with Gasteiger partial charge < -0.3 is 14.4 Å². The van der Waals surface area contributed by atoms with Gasteiger partial charge >= 0.3 is 5.97 Å². The smallest absolute Gasteiger partial charge is 0.337 e. The molecule has 0 radical (unpaired) electrons. The number of para-hydroxylation sites is 1. The Kier molecular flexibility index (Phi) is 3.57. The number of imidazole rings is 1. The number of carboxylic acid groups (broad SMARTS) is 1. The quantitative estimate of drug-likeness (QED) is 0.899. The van der Waals surface area contributed by atoms with E-state index in [1.165, 1.54) is 0 Å². The van der Waals surface area contributed by atoms with Gasteiger partial charge in [0.1, 0.15) is 5.52 Å². The van der Waals surface area contributed by atoms with Crippen LogP contribution in [0.2, 0.25) is 0 Å². The van der Waals surface area contributed by atoms with Crippen LogP contribution in [0.15, 0.2) is 24.5 Å². The van der Waals surface area contributed by atoms with E-state index in [1.54, 1.807) is 18.5 Å². The van der Waals surface area contributed by atoms with Crippen LogP contribution in [0.4, 0.5) is 0 Å². The van der Waals surface area contributed by atoms with Crippen molar-refractivity contribution in [2.75, 3.05) is 6.61 Å². The van der Waals surface area contributed by atoms with Crippen molar-refractivity contribution in [2.45, 2.75) is 32.9 Å². The SMILES string of the molecule is CCOC(C)(C)Cn1cnc2c(C(=O)O)cccc21. The van der Waals surface area contributed by atoms with Crippen LogP contribution >= 0.6 is 0 Å². The van der Waals surface area contributed by atoms with Crippen molar-refractivity contribution in [2.24, 2.45) is 0 Å². The molecule has 1 heterocycles. The molecule has 0 unspecified atom stereocenters. The Morgan fingerprint density at radius 1 is 1.47 bits per heavy atom. The Morgan fingerprint density at radius 3 is 2.84 bits per heavy atom. The Labute approximate surface area is 111 Å². The Balaban J connectivity index is 2.41. The lowest BCUT2D eigenvalue weighted by atomic mass is 10.1. The standard InChI is InChI=1S/C14H18N2O3/c1-4-19-14(2,3)8-16-9-15-12-10(13(17)18)6-5-7-11(12)16/h5-7,9H,4,8H2,1-3H3,(H,17,18).